The normalized spacial score (nSPS) is 11.2. The first kappa shape index (κ1) is 17.6. The van der Waals surface area contributed by atoms with Crippen molar-refractivity contribution in [1.29, 1.82) is 0 Å². The average Bonchev–Trinajstić information content (AvgIpc) is 3.17. The predicted octanol–water partition coefficient (Wildman–Crippen LogP) is 4.05. The van der Waals surface area contributed by atoms with Crippen molar-refractivity contribution in [2.75, 3.05) is 5.32 Å². The molecule has 1 aromatic carbocycles. The third-order valence-electron chi connectivity index (χ3n) is 3.35. The average molecular weight is 394 g/mol. The molecule has 0 bridgehead atoms. The lowest BCUT2D eigenvalue weighted by molar-refractivity contribution is -0.111. The van der Waals surface area contributed by atoms with Crippen LogP contribution in [0.25, 0.3) is 6.08 Å². The Bertz CT molecular complexity index is 904. The Labute approximate surface area is 158 Å². The highest BCUT2D eigenvalue weighted by molar-refractivity contribution is 7.13. The molecule has 128 valence electrons. The van der Waals surface area contributed by atoms with Crippen molar-refractivity contribution in [3.63, 3.8) is 0 Å². The van der Waals surface area contributed by atoms with E-state index in [1.807, 2.05) is 31.2 Å². The van der Waals surface area contributed by atoms with Crippen molar-refractivity contribution in [1.82, 2.24) is 20.0 Å². The summed E-state index contributed by atoms with van der Waals surface area (Å²) in [5.74, 6) is -0.308. The number of rotatable bonds is 5. The molecule has 0 saturated heterocycles. The van der Waals surface area contributed by atoms with Crippen LogP contribution in [0.15, 0.2) is 35.9 Å². The van der Waals surface area contributed by atoms with Crippen LogP contribution in [-0.4, -0.2) is 25.9 Å². The maximum absolute atomic E-state index is 11.9. The third kappa shape index (κ3) is 4.45. The number of hydrogen-bond donors (Lipinski definition) is 1. The second kappa shape index (κ2) is 7.77. The zero-order valence-corrected chi connectivity index (χ0v) is 15.4. The molecule has 0 aliphatic carbocycles. The van der Waals surface area contributed by atoms with E-state index in [0.717, 1.165) is 11.3 Å². The number of benzene rings is 1. The molecule has 9 heteroatoms. The summed E-state index contributed by atoms with van der Waals surface area (Å²) in [6, 6.07) is 7.47. The number of carbonyl (C=O) groups excluding carboxylic acids is 1. The van der Waals surface area contributed by atoms with Gasteiger partial charge in [-0.05, 0) is 30.7 Å². The molecule has 3 rings (SSSR count). The van der Waals surface area contributed by atoms with Crippen LogP contribution in [0.4, 0.5) is 5.13 Å². The van der Waals surface area contributed by atoms with Gasteiger partial charge in [-0.25, -0.2) is 4.68 Å². The van der Waals surface area contributed by atoms with E-state index in [9.17, 15) is 4.79 Å². The summed E-state index contributed by atoms with van der Waals surface area (Å²) in [7, 11) is 0. The number of hydrogen-bond acceptors (Lipinski definition) is 5. The maximum atomic E-state index is 11.9. The van der Waals surface area contributed by atoms with Crippen molar-refractivity contribution in [3.8, 4) is 0 Å². The van der Waals surface area contributed by atoms with E-state index in [1.54, 1.807) is 16.3 Å². The summed E-state index contributed by atoms with van der Waals surface area (Å²) < 4.78 is 1.68. The van der Waals surface area contributed by atoms with Crippen molar-refractivity contribution in [2.24, 2.45) is 0 Å². The fraction of sp³-hybridized carbons (Fsp3) is 0.125. The van der Waals surface area contributed by atoms with E-state index in [2.05, 4.69) is 20.6 Å². The number of halogens is 2. The molecule has 0 fully saturated rings. The van der Waals surface area contributed by atoms with Gasteiger partial charge in [0.2, 0.25) is 11.0 Å². The van der Waals surface area contributed by atoms with Gasteiger partial charge in [-0.2, -0.15) is 5.10 Å². The van der Waals surface area contributed by atoms with Crippen LogP contribution >= 0.6 is 34.5 Å². The minimum Gasteiger partial charge on any atom is -0.297 e. The minimum atomic E-state index is -0.308. The van der Waals surface area contributed by atoms with Crippen LogP contribution < -0.4 is 5.32 Å². The second-order valence-corrected chi connectivity index (χ2v) is 6.77. The lowest BCUT2D eigenvalue weighted by Crippen LogP contribution is -2.07. The van der Waals surface area contributed by atoms with Gasteiger partial charge in [0.1, 0.15) is 10.7 Å². The van der Waals surface area contributed by atoms with E-state index in [4.69, 9.17) is 23.2 Å². The lowest BCUT2D eigenvalue weighted by Gasteiger charge is -2.03. The summed E-state index contributed by atoms with van der Waals surface area (Å²) in [6.45, 7) is 2.36. The molecule has 25 heavy (non-hydrogen) atoms. The summed E-state index contributed by atoms with van der Waals surface area (Å²) >= 11 is 13.5. The van der Waals surface area contributed by atoms with Gasteiger partial charge >= 0.3 is 0 Å². The summed E-state index contributed by atoms with van der Waals surface area (Å²) in [4.78, 5) is 11.9. The van der Waals surface area contributed by atoms with E-state index in [0.29, 0.717) is 27.4 Å². The Morgan fingerprint density at radius 1 is 1.32 bits per heavy atom. The standard InChI is InChI=1S/C16H13Cl2N5OS/c1-10-13(6-7-14(24)20-16-21-19-9-25-16)15(18)23(22-10)8-11-2-4-12(17)5-3-11/h2-7,9H,8H2,1H3,(H,20,21,24)/b7-6+. The third-order valence-corrected chi connectivity index (χ3v) is 4.60. The molecule has 0 atom stereocenters. The number of carbonyl (C=O) groups is 1. The predicted molar refractivity (Wildman–Crippen MR) is 100 cm³/mol. The minimum absolute atomic E-state index is 0.308. The molecule has 1 amide bonds. The van der Waals surface area contributed by atoms with Gasteiger partial charge in [-0.1, -0.05) is 46.7 Å². The number of aryl methyl sites for hydroxylation is 1. The molecular weight excluding hydrogens is 381 g/mol. The Morgan fingerprint density at radius 2 is 2.08 bits per heavy atom. The highest BCUT2D eigenvalue weighted by atomic mass is 35.5. The van der Waals surface area contributed by atoms with E-state index in [1.165, 1.54) is 17.4 Å². The first-order valence-corrected chi connectivity index (χ1v) is 8.89. The van der Waals surface area contributed by atoms with Gasteiger partial charge in [-0.15, -0.1) is 10.2 Å². The van der Waals surface area contributed by atoms with E-state index in [-0.39, 0.29) is 5.91 Å². The number of anilines is 1. The zero-order chi connectivity index (χ0) is 17.8. The zero-order valence-electron chi connectivity index (χ0n) is 13.1. The molecule has 0 spiro atoms. The Morgan fingerprint density at radius 3 is 2.76 bits per heavy atom. The second-order valence-electron chi connectivity index (χ2n) is 5.14. The summed E-state index contributed by atoms with van der Waals surface area (Å²) in [5, 5.41) is 16.0. The molecule has 1 N–H and O–H groups in total. The van der Waals surface area contributed by atoms with Crippen molar-refractivity contribution in [3.05, 3.63) is 62.8 Å². The maximum Gasteiger partial charge on any atom is 0.250 e. The van der Waals surface area contributed by atoms with Gasteiger partial charge in [-0.3, -0.25) is 10.1 Å². The van der Waals surface area contributed by atoms with E-state index >= 15 is 0 Å². The summed E-state index contributed by atoms with van der Waals surface area (Å²) in [6.07, 6.45) is 3.03. The van der Waals surface area contributed by atoms with Crippen LogP contribution in [0.5, 0.6) is 0 Å². The Balaban J connectivity index is 1.73. The largest absolute Gasteiger partial charge is 0.297 e. The van der Waals surface area contributed by atoms with Crippen molar-refractivity contribution >= 4 is 51.7 Å². The first-order valence-electron chi connectivity index (χ1n) is 7.25. The SMILES string of the molecule is Cc1nn(Cc2ccc(Cl)cc2)c(Cl)c1/C=C/C(=O)Nc1nncs1. The van der Waals surface area contributed by atoms with E-state index < -0.39 is 0 Å². The smallest absolute Gasteiger partial charge is 0.250 e. The van der Waals surface area contributed by atoms with Crippen LogP contribution in [0.1, 0.15) is 16.8 Å². The van der Waals surface area contributed by atoms with Gasteiger partial charge in [0.25, 0.3) is 0 Å². The lowest BCUT2D eigenvalue weighted by atomic mass is 10.2. The van der Waals surface area contributed by atoms with Gasteiger partial charge in [0.15, 0.2) is 0 Å². The first-order chi connectivity index (χ1) is 12.0. The molecule has 0 saturated carbocycles. The van der Waals surface area contributed by atoms with Crippen LogP contribution in [0, 0.1) is 6.92 Å². The number of nitrogens with one attached hydrogen (secondary N) is 1. The highest BCUT2D eigenvalue weighted by Gasteiger charge is 2.12. The van der Waals surface area contributed by atoms with Crippen LogP contribution in [-0.2, 0) is 11.3 Å². The van der Waals surface area contributed by atoms with Gasteiger partial charge in [0.05, 0.1) is 12.2 Å². The Hall–Kier alpha value is -2.22. The number of nitrogens with zero attached hydrogens (tertiary/aromatic N) is 4. The molecule has 0 aliphatic heterocycles. The molecule has 2 heterocycles. The van der Waals surface area contributed by atoms with Crippen molar-refractivity contribution < 1.29 is 4.79 Å². The van der Waals surface area contributed by atoms with Crippen molar-refractivity contribution in [2.45, 2.75) is 13.5 Å². The molecule has 0 radical (unpaired) electrons. The summed E-state index contributed by atoms with van der Waals surface area (Å²) in [5.41, 5.74) is 4.00. The number of aromatic nitrogens is 4. The molecule has 0 unspecified atom stereocenters. The van der Waals surface area contributed by atoms with Gasteiger partial charge < -0.3 is 0 Å². The van der Waals surface area contributed by atoms with Crippen LogP contribution in [0.2, 0.25) is 10.2 Å². The fourth-order valence-corrected chi connectivity index (χ4v) is 3.03. The van der Waals surface area contributed by atoms with Crippen LogP contribution in [0.3, 0.4) is 0 Å². The molecule has 0 aliphatic rings. The fourth-order valence-electron chi connectivity index (χ4n) is 2.16. The molecule has 2 aromatic heterocycles. The molecular formula is C16H13Cl2N5OS. The topological polar surface area (TPSA) is 72.7 Å². The Kier molecular flexibility index (Phi) is 5.47. The highest BCUT2D eigenvalue weighted by Crippen LogP contribution is 2.23. The number of amides is 1. The molecule has 3 aromatic rings. The molecule has 6 nitrogen and oxygen atoms in total. The monoisotopic (exact) mass is 393 g/mol. The van der Waals surface area contributed by atoms with Gasteiger partial charge in [0, 0.05) is 16.7 Å². The quantitative estimate of drug-likeness (QED) is 0.663.